The van der Waals surface area contributed by atoms with E-state index in [-0.39, 0.29) is 18.2 Å². The number of aliphatic carboxylic acids is 1. The summed E-state index contributed by atoms with van der Waals surface area (Å²) in [4.78, 5) is 33.4. The lowest BCUT2D eigenvalue weighted by Crippen LogP contribution is -2.39. The van der Waals surface area contributed by atoms with Crippen molar-refractivity contribution in [1.82, 2.24) is 9.88 Å². The Balaban J connectivity index is 1.79. The number of pyridine rings is 1. The SMILES string of the molecule is CCCSc1nc(N2CCC[C@@H](CC(=O)O)C2)ccc1C(=O)N(C)C1CCCCC1. The molecular formula is C23H35N3O3S. The third-order valence-electron chi connectivity index (χ3n) is 6.27. The van der Waals surface area contributed by atoms with Gasteiger partial charge in [0.1, 0.15) is 10.8 Å². The molecule has 0 radical (unpaired) electrons. The molecular weight excluding hydrogens is 398 g/mol. The fourth-order valence-corrected chi connectivity index (χ4v) is 5.46. The van der Waals surface area contributed by atoms with Crippen LogP contribution in [0.25, 0.3) is 0 Å². The third kappa shape index (κ3) is 5.90. The van der Waals surface area contributed by atoms with Gasteiger partial charge >= 0.3 is 5.97 Å². The lowest BCUT2D eigenvalue weighted by Gasteiger charge is -2.34. The van der Waals surface area contributed by atoms with Crippen LogP contribution in [0.4, 0.5) is 5.82 Å². The number of hydrogen-bond donors (Lipinski definition) is 1. The molecule has 0 spiro atoms. The Labute approximate surface area is 184 Å². The highest BCUT2D eigenvalue weighted by molar-refractivity contribution is 7.99. The maximum absolute atomic E-state index is 13.3. The number of carboxylic acid groups (broad SMARTS) is 1. The molecule has 1 saturated carbocycles. The van der Waals surface area contributed by atoms with E-state index in [2.05, 4.69) is 11.8 Å². The number of nitrogens with zero attached hydrogens (tertiary/aromatic N) is 3. The van der Waals surface area contributed by atoms with Crippen LogP contribution in [-0.4, -0.2) is 58.8 Å². The van der Waals surface area contributed by atoms with Gasteiger partial charge in [-0.2, -0.15) is 0 Å². The van der Waals surface area contributed by atoms with Crippen molar-refractivity contribution in [2.75, 3.05) is 30.8 Å². The molecule has 1 aromatic rings. The molecule has 30 heavy (non-hydrogen) atoms. The van der Waals surface area contributed by atoms with Crippen LogP contribution in [0.1, 0.15) is 75.1 Å². The summed E-state index contributed by atoms with van der Waals surface area (Å²) in [7, 11) is 1.93. The van der Waals surface area contributed by atoms with Gasteiger partial charge in [-0.25, -0.2) is 4.98 Å². The predicted molar refractivity (Wildman–Crippen MR) is 121 cm³/mol. The first-order chi connectivity index (χ1) is 14.5. The summed E-state index contributed by atoms with van der Waals surface area (Å²) in [5.74, 6) is 1.28. The average Bonchev–Trinajstić information content (AvgIpc) is 2.77. The second-order valence-electron chi connectivity index (χ2n) is 8.63. The fourth-order valence-electron chi connectivity index (χ4n) is 4.59. The lowest BCUT2D eigenvalue weighted by molar-refractivity contribution is -0.138. The van der Waals surface area contributed by atoms with Crippen molar-refractivity contribution in [3.8, 4) is 0 Å². The number of amides is 1. The molecule has 1 N–H and O–H groups in total. The van der Waals surface area contributed by atoms with E-state index < -0.39 is 5.97 Å². The van der Waals surface area contributed by atoms with E-state index in [1.54, 1.807) is 11.8 Å². The number of carbonyl (C=O) groups is 2. The van der Waals surface area contributed by atoms with Crippen molar-refractivity contribution in [2.24, 2.45) is 5.92 Å². The lowest BCUT2D eigenvalue weighted by atomic mass is 9.94. The van der Waals surface area contributed by atoms with Gasteiger partial charge in [0.15, 0.2) is 0 Å². The van der Waals surface area contributed by atoms with Crippen LogP contribution in [0.2, 0.25) is 0 Å². The van der Waals surface area contributed by atoms with Crippen molar-refractivity contribution in [2.45, 2.75) is 75.8 Å². The third-order valence-corrected chi connectivity index (χ3v) is 7.46. The van der Waals surface area contributed by atoms with Crippen molar-refractivity contribution in [1.29, 1.82) is 0 Å². The van der Waals surface area contributed by atoms with Crippen LogP contribution >= 0.6 is 11.8 Å². The summed E-state index contributed by atoms with van der Waals surface area (Å²) < 4.78 is 0. The van der Waals surface area contributed by atoms with E-state index in [1.807, 2.05) is 24.1 Å². The zero-order valence-electron chi connectivity index (χ0n) is 18.3. The van der Waals surface area contributed by atoms with E-state index in [4.69, 9.17) is 10.1 Å². The van der Waals surface area contributed by atoms with Gasteiger partial charge in [-0.15, -0.1) is 11.8 Å². The monoisotopic (exact) mass is 433 g/mol. The first-order valence-corrected chi connectivity index (χ1v) is 12.4. The molecule has 1 atom stereocenters. The van der Waals surface area contributed by atoms with E-state index >= 15 is 0 Å². The Kier molecular flexibility index (Phi) is 8.42. The Morgan fingerprint density at radius 2 is 1.97 bits per heavy atom. The standard InChI is InChI=1S/C23H35N3O3S/c1-3-14-30-22-19(23(29)25(2)18-9-5-4-6-10-18)11-12-20(24-22)26-13-7-8-17(16-26)15-21(27)28/h11-12,17-18H,3-10,13-16H2,1-2H3,(H,27,28)/t17-/m0/s1. The van der Waals surface area contributed by atoms with Gasteiger partial charge in [0.05, 0.1) is 5.56 Å². The molecule has 6 nitrogen and oxygen atoms in total. The number of carbonyl (C=O) groups excluding carboxylic acids is 1. The molecule has 3 rings (SSSR count). The van der Waals surface area contributed by atoms with Crippen LogP contribution in [-0.2, 0) is 4.79 Å². The largest absolute Gasteiger partial charge is 0.481 e. The molecule has 7 heteroatoms. The van der Waals surface area contributed by atoms with Gasteiger partial charge < -0.3 is 14.9 Å². The number of rotatable bonds is 8. The van der Waals surface area contributed by atoms with Gasteiger partial charge in [-0.3, -0.25) is 9.59 Å². The normalized spacial score (nSPS) is 20.2. The highest BCUT2D eigenvalue weighted by atomic mass is 32.2. The molecule has 0 aromatic carbocycles. The van der Waals surface area contributed by atoms with Gasteiger partial charge in [-0.05, 0) is 55.9 Å². The van der Waals surface area contributed by atoms with E-state index in [9.17, 15) is 9.59 Å². The van der Waals surface area contributed by atoms with Crippen molar-refractivity contribution in [3.05, 3.63) is 17.7 Å². The minimum atomic E-state index is -0.735. The van der Waals surface area contributed by atoms with E-state index in [0.717, 1.165) is 55.2 Å². The van der Waals surface area contributed by atoms with E-state index in [0.29, 0.717) is 18.2 Å². The molecule has 1 aliphatic heterocycles. The first-order valence-electron chi connectivity index (χ1n) is 11.4. The van der Waals surface area contributed by atoms with Gasteiger partial charge in [0, 0.05) is 32.6 Å². The quantitative estimate of drug-likeness (QED) is 0.600. The molecule has 166 valence electrons. The van der Waals surface area contributed by atoms with Gasteiger partial charge in [0.25, 0.3) is 5.91 Å². The number of aromatic nitrogens is 1. The summed E-state index contributed by atoms with van der Waals surface area (Å²) >= 11 is 1.65. The fraction of sp³-hybridized carbons (Fsp3) is 0.696. The van der Waals surface area contributed by atoms with Crippen LogP contribution in [0.5, 0.6) is 0 Å². The number of hydrogen-bond acceptors (Lipinski definition) is 5. The van der Waals surface area contributed by atoms with Gasteiger partial charge in [-0.1, -0.05) is 26.2 Å². The number of carboxylic acids is 1. The number of anilines is 1. The van der Waals surface area contributed by atoms with Crippen LogP contribution in [0.3, 0.4) is 0 Å². The molecule has 2 heterocycles. The molecule has 0 bridgehead atoms. The highest BCUT2D eigenvalue weighted by Crippen LogP contribution is 2.30. The summed E-state index contributed by atoms with van der Waals surface area (Å²) in [6.45, 7) is 3.73. The highest BCUT2D eigenvalue weighted by Gasteiger charge is 2.27. The Morgan fingerprint density at radius 1 is 1.20 bits per heavy atom. The second-order valence-corrected chi connectivity index (χ2v) is 9.71. The van der Waals surface area contributed by atoms with E-state index in [1.165, 1.54) is 19.3 Å². The maximum Gasteiger partial charge on any atom is 0.303 e. The topological polar surface area (TPSA) is 73.7 Å². The molecule has 1 saturated heterocycles. The Morgan fingerprint density at radius 3 is 2.67 bits per heavy atom. The van der Waals surface area contributed by atoms with Crippen LogP contribution in [0, 0.1) is 5.92 Å². The Hall–Kier alpha value is -1.76. The molecule has 0 unspecified atom stereocenters. The minimum absolute atomic E-state index is 0.0713. The molecule has 2 fully saturated rings. The van der Waals surface area contributed by atoms with Crippen molar-refractivity contribution in [3.63, 3.8) is 0 Å². The van der Waals surface area contributed by atoms with Crippen molar-refractivity contribution < 1.29 is 14.7 Å². The molecule has 1 aliphatic carbocycles. The van der Waals surface area contributed by atoms with Crippen LogP contribution in [0.15, 0.2) is 17.2 Å². The number of thioether (sulfide) groups is 1. The summed E-state index contributed by atoms with van der Waals surface area (Å²) in [6, 6.07) is 4.21. The van der Waals surface area contributed by atoms with Gasteiger partial charge in [0.2, 0.25) is 0 Å². The molecule has 1 amide bonds. The summed E-state index contributed by atoms with van der Waals surface area (Å²) in [6.07, 6.45) is 8.99. The zero-order chi connectivity index (χ0) is 21.5. The number of piperidine rings is 1. The molecule has 1 aromatic heterocycles. The first kappa shape index (κ1) is 22.9. The minimum Gasteiger partial charge on any atom is -0.481 e. The second kappa shape index (κ2) is 11.0. The Bertz CT molecular complexity index is 736. The van der Waals surface area contributed by atoms with Crippen molar-refractivity contribution >= 4 is 29.5 Å². The predicted octanol–water partition coefficient (Wildman–Crippen LogP) is 4.68. The maximum atomic E-state index is 13.3. The summed E-state index contributed by atoms with van der Waals surface area (Å²) in [5.41, 5.74) is 0.698. The van der Waals surface area contributed by atoms with Crippen LogP contribution < -0.4 is 4.90 Å². The smallest absolute Gasteiger partial charge is 0.303 e. The zero-order valence-corrected chi connectivity index (χ0v) is 19.1. The molecule has 2 aliphatic rings. The average molecular weight is 434 g/mol. The summed E-state index contributed by atoms with van der Waals surface area (Å²) in [5, 5.41) is 9.95.